The molecule has 2 unspecified atom stereocenters. The smallest absolute Gasteiger partial charge is 0.0789 e. The van der Waals surface area contributed by atoms with Crippen LogP contribution in [0.3, 0.4) is 0 Å². The van der Waals surface area contributed by atoms with Crippen molar-refractivity contribution in [1.82, 2.24) is 4.90 Å². The zero-order valence-electron chi connectivity index (χ0n) is 14.4. The van der Waals surface area contributed by atoms with Gasteiger partial charge in [-0.25, -0.2) is 0 Å². The third-order valence-electron chi connectivity index (χ3n) is 2.69. The number of nitrogens with one attached hydrogen (secondary N) is 1. The Morgan fingerprint density at radius 3 is 1.96 bits per heavy atom. The van der Waals surface area contributed by atoms with Gasteiger partial charge in [0.1, 0.15) is 0 Å². The van der Waals surface area contributed by atoms with Crippen LogP contribution in [0.2, 0.25) is 0 Å². The van der Waals surface area contributed by atoms with E-state index in [1.807, 2.05) is 35.2 Å². The monoisotopic (exact) mass is 595 g/mol. The molecule has 1 rings (SSSR count). The van der Waals surface area contributed by atoms with E-state index in [0.29, 0.717) is 19.6 Å². The van der Waals surface area contributed by atoms with Crippen molar-refractivity contribution in [2.24, 2.45) is 5.73 Å². The van der Waals surface area contributed by atoms with Crippen molar-refractivity contribution in [3.05, 3.63) is 41.6 Å². The van der Waals surface area contributed by atoms with Crippen LogP contribution in [0, 0.1) is 0 Å². The summed E-state index contributed by atoms with van der Waals surface area (Å²) in [5.41, 5.74) is 13.7. The molecule has 0 bridgehead atoms. The molecular formula is C15H28Cl2N3O3PtS-3. The van der Waals surface area contributed by atoms with Gasteiger partial charge in [0, 0.05) is 76.7 Å². The summed E-state index contributed by atoms with van der Waals surface area (Å²) in [5, 5.41) is 19.1. The van der Waals surface area contributed by atoms with Crippen LogP contribution >= 0.6 is 0 Å². The second kappa shape index (κ2) is 20.7. The molecule has 0 saturated heterocycles. The first-order valence-electron chi connectivity index (χ1n) is 7.11. The molecule has 5 N–H and O–H groups in total. The summed E-state index contributed by atoms with van der Waals surface area (Å²) < 4.78 is 9.56. The van der Waals surface area contributed by atoms with Crippen LogP contribution in [-0.2, 0) is 38.4 Å². The SMILES string of the molecule is CS(C)=O.[Cl-].[Cl-].[NH-]CC(O)CN(Cc1ccccc1)CC(O)CN.[Pt]. The van der Waals surface area contributed by atoms with E-state index in [4.69, 9.17) is 11.5 Å². The van der Waals surface area contributed by atoms with Gasteiger partial charge in [0.05, 0.1) is 6.10 Å². The summed E-state index contributed by atoms with van der Waals surface area (Å²) in [6, 6.07) is 9.84. The summed E-state index contributed by atoms with van der Waals surface area (Å²) >= 11 is 0. The van der Waals surface area contributed by atoms with E-state index in [-0.39, 0.29) is 59.0 Å². The van der Waals surface area contributed by atoms with Crippen molar-refractivity contribution in [3.8, 4) is 0 Å². The predicted octanol–water partition coefficient (Wildman–Crippen LogP) is -5.78. The fourth-order valence-corrected chi connectivity index (χ4v) is 1.78. The molecule has 2 atom stereocenters. The topological polar surface area (TPSA) is 111 Å². The summed E-state index contributed by atoms with van der Waals surface area (Å²) in [6.45, 7) is 1.57. The average Bonchev–Trinajstić information content (AvgIpc) is 2.47. The van der Waals surface area contributed by atoms with Crippen molar-refractivity contribution in [2.75, 3.05) is 38.7 Å². The minimum absolute atomic E-state index is 0. The number of halogens is 2. The van der Waals surface area contributed by atoms with Crippen LogP contribution in [0.25, 0.3) is 5.73 Å². The molecule has 0 aliphatic rings. The quantitative estimate of drug-likeness (QED) is 0.277. The second-order valence-electron chi connectivity index (χ2n) is 5.17. The van der Waals surface area contributed by atoms with Crippen LogP contribution in [0.15, 0.2) is 30.3 Å². The minimum Gasteiger partial charge on any atom is -1.00 e. The van der Waals surface area contributed by atoms with Gasteiger partial charge in [0.15, 0.2) is 0 Å². The Morgan fingerprint density at radius 1 is 1.12 bits per heavy atom. The Kier molecular flexibility index (Phi) is 27.4. The number of hydrogen-bond acceptors (Lipinski definition) is 5. The van der Waals surface area contributed by atoms with E-state index in [9.17, 15) is 14.4 Å². The largest absolute Gasteiger partial charge is 1.00 e. The van der Waals surface area contributed by atoms with E-state index in [1.54, 1.807) is 12.5 Å². The molecule has 25 heavy (non-hydrogen) atoms. The predicted molar refractivity (Wildman–Crippen MR) is 92.0 cm³/mol. The molecular weight excluding hydrogens is 568 g/mol. The molecule has 10 heteroatoms. The molecule has 0 spiro atoms. The first-order valence-corrected chi connectivity index (χ1v) is 9.07. The molecule has 0 heterocycles. The van der Waals surface area contributed by atoms with Crippen molar-refractivity contribution < 1.29 is 60.3 Å². The van der Waals surface area contributed by atoms with Crippen molar-refractivity contribution in [1.29, 1.82) is 0 Å². The van der Waals surface area contributed by atoms with Crippen LogP contribution < -0.4 is 30.5 Å². The maximum absolute atomic E-state index is 9.60. The van der Waals surface area contributed by atoms with E-state index >= 15 is 0 Å². The maximum Gasteiger partial charge on any atom is 0.0789 e. The molecule has 1 aromatic carbocycles. The Morgan fingerprint density at radius 2 is 1.56 bits per heavy atom. The molecule has 0 saturated carbocycles. The summed E-state index contributed by atoms with van der Waals surface area (Å²) in [6.07, 6.45) is 1.98. The van der Waals surface area contributed by atoms with E-state index in [1.165, 1.54) is 0 Å². The van der Waals surface area contributed by atoms with Gasteiger partial charge in [-0.05, 0) is 5.56 Å². The zero-order valence-corrected chi connectivity index (χ0v) is 19.0. The van der Waals surface area contributed by atoms with Gasteiger partial charge in [0.25, 0.3) is 0 Å². The third kappa shape index (κ3) is 20.6. The van der Waals surface area contributed by atoms with Gasteiger partial charge < -0.3 is 46.5 Å². The van der Waals surface area contributed by atoms with Crippen molar-refractivity contribution in [3.63, 3.8) is 0 Å². The minimum atomic E-state index is -0.696. The maximum atomic E-state index is 9.60. The van der Waals surface area contributed by atoms with Gasteiger partial charge in [-0.1, -0.05) is 30.3 Å². The van der Waals surface area contributed by atoms with E-state index in [0.717, 1.165) is 5.56 Å². The Labute approximate surface area is 180 Å². The van der Waals surface area contributed by atoms with Gasteiger partial charge in [-0.3, -0.25) is 9.11 Å². The number of aliphatic hydroxyl groups is 2. The standard InChI is InChI=1S/C13H22N3O2.C2H6OS.2ClH.Pt/c14-6-12(17)9-16(10-13(18)7-15)8-11-4-2-1-3-5-11;1-4(2)3;;;/h1-5,12-14,17-18H,6-10,15H2;1-2H3;2*1H;/q-1;;;;/p-2. The first-order chi connectivity index (χ1) is 10.4. The molecule has 0 aliphatic carbocycles. The van der Waals surface area contributed by atoms with Crippen LogP contribution in [0.5, 0.6) is 0 Å². The summed E-state index contributed by atoms with van der Waals surface area (Å²) in [7, 11) is -0.611. The van der Waals surface area contributed by atoms with E-state index < -0.39 is 23.0 Å². The second-order valence-corrected chi connectivity index (χ2v) is 6.65. The first kappa shape index (κ1) is 33.1. The normalized spacial score (nSPS) is 12.0. The number of rotatable bonds is 8. The van der Waals surface area contributed by atoms with Crippen molar-refractivity contribution >= 4 is 10.8 Å². The van der Waals surface area contributed by atoms with Gasteiger partial charge in [-0.15, -0.1) is 6.54 Å². The average molecular weight is 596 g/mol. The number of hydrogen-bond donors (Lipinski definition) is 3. The van der Waals surface area contributed by atoms with Crippen LogP contribution in [0.1, 0.15) is 5.56 Å². The molecule has 0 amide bonds. The summed E-state index contributed by atoms with van der Waals surface area (Å²) in [4.78, 5) is 1.92. The molecule has 0 aromatic heterocycles. The molecule has 0 aliphatic heterocycles. The van der Waals surface area contributed by atoms with Gasteiger partial charge in [0.2, 0.25) is 0 Å². The van der Waals surface area contributed by atoms with Crippen molar-refractivity contribution in [2.45, 2.75) is 18.8 Å². The molecule has 0 fully saturated rings. The number of nitrogens with two attached hydrogens (primary N) is 1. The zero-order chi connectivity index (χ0) is 17.0. The molecule has 1 aromatic rings. The van der Waals surface area contributed by atoms with Gasteiger partial charge in [-0.2, -0.15) is 0 Å². The Balaban J connectivity index is -0.000000285. The fraction of sp³-hybridized carbons (Fsp3) is 0.600. The Hall–Kier alpha value is 0.438. The number of nitrogens with zero attached hydrogens (tertiary/aromatic N) is 1. The van der Waals surface area contributed by atoms with Crippen LogP contribution in [0.4, 0.5) is 0 Å². The fourth-order valence-electron chi connectivity index (χ4n) is 1.78. The molecule has 0 radical (unpaired) electrons. The van der Waals surface area contributed by atoms with Gasteiger partial charge >= 0.3 is 0 Å². The molecule has 154 valence electrons. The van der Waals surface area contributed by atoms with Crippen LogP contribution in [-0.4, -0.2) is 70.2 Å². The molecule has 6 nitrogen and oxygen atoms in total. The third-order valence-corrected chi connectivity index (χ3v) is 2.69. The number of benzene rings is 1. The Bertz CT molecular complexity index is 406. The van der Waals surface area contributed by atoms with E-state index in [2.05, 4.69) is 0 Å². The summed E-state index contributed by atoms with van der Waals surface area (Å²) in [5.74, 6) is 0. The number of aliphatic hydroxyl groups excluding tert-OH is 2.